The molecule has 3 fully saturated rings. The summed E-state index contributed by atoms with van der Waals surface area (Å²) in [6, 6.07) is 6.98. The zero-order chi connectivity index (χ0) is 38.2. The van der Waals surface area contributed by atoms with Gasteiger partial charge in [-0.05, 0) is 105 Å². The number of benzene rings is 3. The number of anilines is 1. The summed E-state index contributed by atoms with van der Waals surface area (Å²) in [6.45, 7) is 5.83. The predicted molar refractivity (Wildman–Crippen MR) is 197 cm³/mol. The molecule has 54 heavy (non-hydrogen) atoms. The fourth-order valence-corrected chi connectivity index (χ4v) is 8.59. The van der Waals surface area contributed by atoms with Crippen molar-refractivity contribution in [2.45, 2.75) is 82.5 Å². The van der Waals surface area contributed by atoms with Crippen LogP contribution < -0.4 is 20.1 Å². The number of fused-ring (bicyclic) bond motifs is 3. The number of aryl methyl sites for hydroxylation is 1. The summed E-state index contributed by atoms with van der Waals surface area (Å²) in [5, 5.41) is 0.862. The van der Waals surface area contributed by atoms with Crippen molar-refractivity contribution in [3.05, 3.63) is 53.3 Å². The molecule has 2 N–H and O–H groups in total. The summed E-state index contributed by atoms with van der Waals surface area (Å²) in [7, 11) is 1.45. The molecular formula is C40H47F4N5O5. The van der Waals surface area contributed by atoms with Crippen LogP contribution in [0, 0.1) is 17.5 Å². The molecule has 0 bridgehead atoms. The minimum atomic E-state index is -0.997. The van der Waals surface area contributed by atoms with E-state index in [1.54, 1.807) is 13.0 Å². The Bertz CT molecular complexity index is 2050. The van der Waals surface area contributed by atoms with Crippen LogP contribution in [0.3, 0.4) is 0 Å². The smallest absolute Gasteiger partial charge is 0.319 e. The maximum Gasteiger partial charge on any atom is 0.319 e. The molecule has 0 aliphatic carbocycles. The number of rotatable bonds is 13. The van der Waals surface area contributed by atoms with E-state index >= 15 is 13.2 Å². The first-order chi connectivity index (χ1) is 25.9. The lowest BCUT2D eigenvalue weighted by molar-refractivity contribution is -0.143. The Morgan fingerprint density at radius 2 is 1.87 bits per heavy atom. The number of alkyl halides is 1. The molecule has 10 nitrogen and oxygen atoms in total. The number of nitrogens with zero attached hydrogens (tertiary/aromatic N) is 4. The van der Waals surface area contributed by atoms with Gasteiger partial charge >= 0.3 is 12.0 Å². The largest absolute Gasteiger partial charge is 0.468 e. The Morgan fingerprint density at radius 3 is 2.65 bits per heavy atom. The third kappa shape index (κ3) is 7.52. The van der Waals surface area contributed by atoms with E-state index in [-0.39, 0.29) is 84.3 Å². The van der Waals surface area contributed by atoms with Crippen molar-refractivity contribution < 1.29 is 41.3 Å². The number of methoxy groups -OCH3 is 1. The van der Waals surface area contributed by atoms with E-state index < -0.39 is 46.2 Å². The van der Waals surface area contributed by atoms with Crippen molar-refractivity contribution in [2.75, 3.05) is 58.2 Å². The number of nitrogens with two attached hydrogens (primary N) is 1. The number of hydrogen-bond acceptors (Lipinski definition) is 10. The van der Waals surface area contributed by atoms with Crippen molar-refractivity contribution in [3.63, 3.8) is 0 Å². The molecule has 14 heteroatoms. The molecule has 0 radical (unpaired) electrons. The van der Waals surface area contributed by atoms with Crippen LogP contribution in [0.15, 0.2) is 30.3 Å². The van der Waals surface area contributed by atoms with E-state index in [2.05, 4.69) is 9.88 Å². The number of halogens is 4. The van der Waals surface area contributed by atoms with Crippen LogP contribution in [-0.2, 0) is 20.7 Å². The number of aromatic nitrogens is 2. The Balaban J connectivity index is 1.39. The van der Waals surface area contributed by atoms with Gasteiger partial charge in [0.2, 0.25) is 0 Å². The van der Waals surface area contributed by atoms with Crippen LogP contribution in [0.25, 0.3) is 32.8 Å². The molecule has 3 aliphatic heterocycles. The predicted octanol–water partition coefficient (Wildman–Crippen LogP) is 7.01. The Morgan fingerprint density at radius 1 is 1.06 bits per heavy atom. The summed E-state index contributed by atoms with van der Waals surface area (Å²) in [5.74, 6) is -2.40. The Labute approximate surface area is 311 Å². The van der Waals surface area contributed by atoms with E-state index in [1.807, 2.05) is 11.8 Å². The number of carbonyl (C=O) groups is 1. The third-order valence-electron chi connectivity index (χ3n) is 11.0. The lowest BCUT2D eigenvalue weighted by Gasteiger charge is -2.39. The summed E-state index contributed by atoms with van der Waals surface area (Å²) in [5.41, 5.74) is 5.08. The summed E-state index contributed by atoms with van der Waals surface area (Å²) < 4.78 is 86.6. The molecule has 3 aromatic carbocycles. The van der Waals surface area contributed by atoms with E-state index in [0.29, 0.717) is 31.4 Å². The number of esters is 1. The van der Waals surface area contributed by atoms with Crippen molar-refractivity contribution in [3.8, 4) is 22.9 Å². The minimum absolute atomic E-state index is 0.0386. The number of hydrogen-bond donors (Lipinski definition) is 1. The first-order valence-corrected chi connectivity index (χ1v) is 18.7. The molecule has 4 heterocycles. The Hall–Kier alpha value is -4.27. The van der Waals surface area contributed by atoms with Gasteiger partial charge in [0.25, 0.3) is 0 Å². The van der Waals surface area contributed by atoms with Gasteiger partial charge in [0.15, 0.2) is 12.6 Å². The molecule has 1 aromatic heterocycles. The number of piperidine rings is 1. The van der Waals surface area contributed by atoms with E-state index in [4.69, 9.17) is 29.7 Å². The maximum atomic E-state index is 17.4. The van der Waals surface area contributed by atoms with Gasteiger partial charge < -0.3 is 29.6 Å². The quantitative estimate of drug-likeness (QED) is 0.0870. The average molecular weight is 754 g/mol. The second kappa shape index (κ2) is 15.5. The molecule has 290 valence electrons. The van der Waals surface area contributed by atoms with E-state index in [0.717, 1.165) is 32.2 Å². The first kappa shape index (κ1) is 38.0. The van der Waals surface area contributed by atoms with Gasteiger partial charge in [-0.15, -0.1) is 0 Å². The van der Waals surface area contributed by atoms with Crippen LogP contribution in [0.1, 0.15) is 64.4 Å². The lowest BCUT2D eigenvalue weighted by atomic mass is 9.90. The van der Waals surface area contributed by atoms with Crippen LogP contribution in [0.2, 0.25) is 0 Å². The van der Waals surface area contributed by atoms with Gasteiger partial charge in [-0.3, -0.25) is 9.69 Å². The fraction of sp³-hybridized carbons (Fsp3) is 0.525. The van der Waals surface area contributed by atoms with Crippen molar-refractivity contribution in [2.24, 2.45) is 5.73 Å². The topological polar surface area (TPSA) is 112 Å². The number of ether oxygens (including phenoxy) is 4. The number of carbonyl (C=O) groups excluding carboxylic acids is 1. The second-order valence-electron chi connectivity index (χ2n) is 15.1. The van der Waals surface area contributed by atoms with Crippen LogP contribution in [-0.4, -0.2) is 91.4 Å². The fourth-order valence-electron chi connectivity index (χ4n) is 8.59. The normalized spacial score (nSPS) is 23.0. The maximum absolute atomic E-state index is 17.4. The van der Waals surface area contributed by atoms with Crippen molar-refractivity contribution >= 4 is 33.5 Å². The molecule has 0 spiro atoms. The third-order valence-corrected chi connectivity index (χ3v) is 11.0. The SMILES string of the molecule is CCOC(=O)CCCc1c(F)ccc2cc(OCOC)cc(-c3c(F)cc4c(N5CCC[C@@](C)(N)C5)nc(OC[C@@]56CCCN5C[C@H](F)C6)nc4c3F)c12. The van der Waals surface area contributed by atoms with Crippen LogP contribution in [0.5, 0.6) is 11.8 Å². The van der Waals surface area contributed by atoms with Gasteiger partial charge in [-0.1, -0.05) is 6.07 Å². The van der Waals surface area contributed by atoms with Crippen LogP contribution >= 0.6 is 0 Å². The molecule has 4 aromatic rings. The zero-order valence-corrected chi connectivity index (χ0v) is 31.0. The van der Waals surface area contributed by atoms with Gasteiger partial charge in [-0.2, -0.15) is 9.97 Å². The Kier molecular flexibility index (Phi) is 10.9. The van der Waals surface area contributed by atoms with Crippen molar-refractivity contribution in [1.29, 1.82) is 0 Å². The van der Waals surface area contributed by atoms with Crippen molar-refractivity contribution in [1.82, 2.24) is 14.9 Å². The minimum Gasteiger partial charge on any atom is -0.468 e. The standard InChI is InChI=1S/C40H47F4N5O5/c1-4-52-32(50)9-5-8-27-30(42)11-10-24-16-26(54-23-51-3)17-28(33(24)27)34-31(43)18-29-36(35(34)44)46-38(47-37(29)48-14-6-12-39(2,45)21-48)53-22-40-13-7-15-49(40)20-25(41)19-40/h10-11,16-18,25H,4-9,12-15,19-23,45H2,1-3H3/t25-,39-,40+/m1/s1. The molecule has 3 saturated heterocycles. The molecule has 3 aliphatic rings. The highest BCUT2D eigenvalue weighted by molar-refractivity contribution is 6.03. The van der Waals surface area contributed by atoms with Crippen LogP contribution in [0.4, 0.5) is 23.4 Å². The van der Waals surface area contributed by atoms with E-state index in [1.165, 1.54) is 31.4 Å². The highest BCUT2D eigenvalue weighted by Gasteiger charge is 2.49. The van der Waals surface area contributed by atoms with Gasteiger partial charge in [0.05, 0.1) is 17.7 Å². The van der Waals surface area contributed by atoms with Gasteiger partial charge in [0.1, 0.15) is 41.5 Å². The molecule has 0 saturated carbocycles. The highest BCUT2D eigenvalue weighted by atomic mass is 19.1. The average Bonchev–Trinajstić information content (AvgIpc) is 3.66. The van der Waals surface area contributed by atoms with Gasteiger partial charge in [-0.25, -0.2) is 17.6 Å². The molecular weight excluding hydrogens is 706 g/mol. The van der Waals surface area contributed by atoms with Gasteiger partial charge in [0, 0.05) is 50.5 Å². The zero-order valence-electron chi connectivity index (χ0n) is 31.0. The monoisotopic (exact) mass is 753 g/mol. The molecule has 7 rings (SSSR count). The second-order valence-corrected chi connectivity index (χ2v) is 15.1. The first-order valence-electron chi connectivity index (χ1n) is 18.7. The molecule has 0 unspecified atom stereocenters. The summed E-state index contributed by atoms with van der Waals surface area (Å²) >= 11 is 0. The highest BCUT2D eigenvalue weighted by Crippen LogP contribution is 2.44. The molecule has 3 atom stereocenters. The summed E-state index contributed by atoms with van der Waals surface area (Å²) in [4.78, 5) is 25.4. The lowest BCUT2D eigenvalue weighted by Crippen LogP contribution is -2.52. The molecule has 0 amide bonds. The summed E-state index contributed by atoms with van der Waals surface area (Å²) in [6.07, 6.45) is 2.89. The van der Waals surface area contributed by atoms with E-state index in [9.17, 15) is 9.18 Å².